The number of halogens is 1. The highest BCUT2D eigenvalue weighted by molar-refractivity contribution is 6.30. The van der Waals surface area contributed by atoms with Gasteiger partial charge in [-0.25, -0.2) is 9.59 Å². The highest BCUT2D eigenvalue weighted by atomic mass is 35.5. The minimum Gasteiger partial charge on any atom is -0.467 e. The maximum absolute atomic E-state index is 12.7. The number of nitrogens with one attached hydrogen (secondary N) is 3. The van der Waals surface area contributed by atoms with Crippen LogP contribution in [0, 0.1) is 5.92 Å². The van der Waals surface area contributed by atoms with E-state index in [2.05, 4.69) is 21.1 Å². The number of aromatic nitrogens is 1. The number of esters is 1. The molecule has 1 aromatic heterocycles. The molecule has 0 fully saturated rings. The average Bonchev–Trinajstić information content (AvgIpc) is 3.44. The van der Waals surface area contributed by atoms with E-state index in [9.17, 15) is 14.4 Å². The van der Waals surface area contributed by atoms with Crippen LogP contribution in [-0.4, -0.2) is 36.2 Å². The van der Waals surface area contributed by atoms with E-state index in [1.165, 1.54) is 13.2 Å². The van der Waals surface area contributed by atoms with Crippen LogP contribution < -0.4 is 20.7 Å². The molecule has 3 N–H and O–H groups in total. The molecule has 0 spiro atoms. The molecule has 4 rings (SSSR count). The zero-order valence-electron chi connectivity index (χ0n) is 21.9. The summed E-state index contributed by atoms with van der Waals surface area (Å²) in [6.45, 7) is 3.58. The Hall–Kier alpha value is -4.83. The van der Waals surface area contributed by atoms with E-state index < -0.39 is 23.9 Å². The van der Waals surface area contributed by atoms with Crippen LogP contribution in [0.1, 0.15) is 24.4 Å². The van der Waals surface area contributed by atoms with Crippen molar-refractivity contribution in [2.45, 2.75) is 19.9 Å². The molecule has 1 unspecified atom stereocenters. The van der Waals surface area contributed by atoms with Crippen molar-refractivity contribution in [3.63, 3.8) is 0 Å². The average molecular weight is 563 g/mol. The third kappa shape index (κ3) is 7.17. The second-order valence-electron chi connectivity index (χ2n) is 9.00. The molecule has 3 aromatic carbocycles. The van der Waals surface area contributed by atoms with Crippen LogP contribution in [0.2, 0.25) is 5.02 Å². The van der Waals surface area contributed by atoms with Gasteiger partial charge < -0.3 is 29.9 Å². The molecule has 206 valence electrons. The molecule has 0 radical (unpaired) electrons. The van der Waals surface area contributed by atoms with Gasteiger partial charge in [-0.05, 0) is 54.4 Å². The molecule has 0 saturated heterocycles. The lowest BCUT2D eigenvalue weighted by atomic mass is 10.0. The Labute approximate surface area is 235 Å². The van der Waals surface area contributed by atoms with Gasteiger partial charge >= 0.3 is 12.0 Å². The summed E-state index contributed by atoms with van der Waals surface area (Å²) < 4.78 is 15.8. The third-order valence-corrected chi connectivity index (χ3v) is 6.01. The van der Waals surface area contributed by atoms with Crippen LogP contribution in [0.5, 0.6) is 11.5 Å². The minimum atomic E-state index is -0.821. The number of nitrogens with zero attached hydrogens (tertiary/aromatic N) is 1. The van der Waals surface area contributed by atoms with Gasteiger partial charge in [-0.1, -0.05) is 54.9 Å². The van der Waals surface area contributed by atoms with Gasteiger partial charge in [0, 0.05) is 22.3 Å². The number of methoxy groups -OCH3 is 1. The summed E-state index contributed by atoms with van der Waals surface area (Å²) >= 11 is 5.93. The maximum Gasteiger partial charge on any atom is 0.328 e. The number of amides is 3. The van der Waals surface area contributed by atoms with Crippen LogP contribution >= 0.6 is 11.6 Å². The predicted octanol–water partition coefficient (Wildman–Crippen LogP) is 6.36. The number of urea groups is 1. The Kier molecular flexibility index (Phi) is 9.03. The molecule has 0 aliphatic heterocycles. The summed E-state index contributed by atoms with van der Waals surface area (Å²) in [5.41, 5.74) is 2.07. The van der Waals surface area contributed by atoms with Crippen LogP contribution in [0.25, 0.3) is 11.3 Å². The number of anilines is 2. The summed E-state index contributed by atoms with van der Waals surface area (Å²) in [6.07, 6.45) is 0. The number of carbonyl (C=O) groups is 3. The summed E-state index contributed by atoms with van der Waals surface area (Å²) in [5.74, 6) is -0.323. The van der Waals surface area contributed by atoms with Crippen molar-refractivity contribution in [2.24, 2.45) is 5.92 Å². The molecule has 0 saturated carbocycles. The fraction of sp³-hybridized carbons (Fsp3) is 0.172. The Balaban J connectivity index is 1.37. The molecule has 40 heavy (non-hydrogen) atoms. The molecule has 4 aromatic rings. The van der Waals surface area contributed by atoms with Gasteiger partial charge in [0.2, 0.25) is 5.76 Å². The molecular weight excluding hydrogens is 536 g/mol. The van der Waals surface area contributed by atoms with Crippen molar-refractivity contribution in [2.75, 3.05) is 17.7 Å². The largest absolute Gasteiger partial charge is 0.467 e. The Morgan fingerprint density at radius 2 is 1.62 bits per heavy atom. The van der Waals surface area contributed by atoms with E-state index >= 15 is 0 Å². The molecule has 0 bridgehead atoms. The minimum absolute atomic E-state index is 0.0504. The lowest BCUT2D eigenvalue weighted by Crippen LogP contribution is -2.44. The highest BCUT2D eigenvalue weighted by Crippen LogP contribution is 2.30. The van der Waals surface area contributed by atoms with E-state index in [1.54, 1.807) is 86.6 Å². The van der Waals surface area contributed by atoms with E-state index in [1.807, 2.05) is 0 Å². The first kappa shape index (κ1) is 28.2. The second kappa shape index (κ2) is 12.8. The van der Waals surface area contributed by atoms with Crippen molar-refractivity contribution >= 4 is 40.9 Å². The van der Waals surface area contributed by atoms with E-state index in [0.717, 1.165) is 0 Å². The lowest BCUT2D eigenvalue weighted by Gasteiger charge is -2.18. The van der Waals surface area contributed by atoms with Crippen LogP contribution in [0.3, 0.4) is 0 Å². The predicted molar refractivity (Wildman–Crippen MR) is 151 cm³/mol. The van der Waals surface area contributed by atoms with Gasteiger partial charge in [-0.2, -0.15) is 0 Å². The monoisotopic (exact) mass is 562 g/mol. The van der Waals surface area contributed by atoms with Gasteiger partial charge in [-0.3, -0.25) is 4.79 Å². The van der Waals surface area contributed by atoms with Gasteiger partial charge in [0.05, 0.1) is 12.8 Å². The van der Waals surface area contributed by atoms with E-state index in [0.29, 0.717) is 39.2 Å². The molecular formula is C29H27ClN4O6. The lowest BCUT2D eigenvalue weighted by molar-refractivity contribution is -0.144. The summed E-state index contributed by atoms with van der Waals surface area (Å²) in [5, 5.41) is 12.7. The second-order valence-corrected chi connectivity index (χ2v) is 9.44. The standard InChI is InChI=1S/C29H27ClN4O6/c1-17(2)26(28(36)38-3)33-27(35)25-16-23(34-40-25)18-8-12-20(13-9-18)31-29(37)32-22-6-4-5-7-24(22)39-21-14-10-19(30)11-15-21/h4-17,26H,1-3H3,(H,33,35)(H2,31,32,37). The third-order valence-electron chi connectivity index (χ3n) is 5.76. The van der Waals surface area contributed by atoms with Crippen molar-refractivity contribution < 1.29 is 28.4 Å². The van der Waals surface area contributed by atoms with Crippen molar-refractivity contribution in [3.8, 4) is 22.8 Å². The first-order valence-electron chi connectivity index (χ1n) is 12.3. The Bertz CT molecular complexity index is 1490. The molecule has 3 amide bonds. The number of benzene rings is 3. The normalized spacial score (nSPS) is 11.4. The van der Waals surface area contributed by atoms with Gasteiger partial charge in [0.15, 0.2) is 5.75 Å². The van der Waals surface area contributed by atoms with E-state index in [4.69, 9.17) is 25.6 Å². The van der Waals surface area contributed by atoms with Gasteiger partial charge in [-0.15, -0.1) is 0 Å². The number of hydrogen-bond acceptors (Lipinski definition) is 7. The highest BCUT2D eigenvalue weighted by Gasteiger charge is 2.27. The van der Waals surface area contributed by atoms with E-state index in [-0.39, 0.29) is 11.7 Å². The molecule has 10 nitrogen and oxygen atoms in total. The zero-order chi connectivity index (χ0) is 28.6. The quantitative estimate of drug-likeness (QED) is 0.202. The zero-order valence-corrected chi connectivity index (χ0v) is 22.7. The number of hydrogen-bond donors (Lipinski definition) is 3. The van der Waals surface area contributed by atoms with Crippen LogP contribution in [0.4, 0.5) is 16.2 Å². The maximum atomic E-state index is 12.7. The fourth-order valence-electron chi connectivity index (χ4n) is 3.65. The van der Waals surface area contributed by atoms with Crippen molar-refractivity contribution in [3.05, 3.63) is 89.6 Å². The van der Waals surface area contributed by atoms with Crippen LogP contribution in [0.15, 0.2) is 83.4 Å². The first-order chi connectivity index (χ1) is 19.2. The number of rotatable bonds is 9. The van der Waals surface area contributed by atoms with Gasteiger partial charge in [0.25, 0.3) is 5.91 Å². The smallest absolute Gasteiger partial charge is 0.328 e. The number of carbonyl (C=O) groups excluding carboxylic acids is 3. The Morgan fingerprint density at radius 3 is 2.30 bits per heavy atom. The summed E-state index contributed by atoms with van der Waals surface area (Å²) in [4.78, 5) is 37.2. The summed E-state index contributed by atoms with van der Waals surface area (Å²) in [6, 6.07) is 20.9. The van der Waals surface area contributed by atoms with Gasteiger partial charge in [0.1, 0.15) is 17.5 Å². The Morgan fingerprint density at radius 1 is 0.925 bits per heavy atom. The molecule has 11 heteroatoms. The van der Waals surface area contributed by atoms with Crippen molar-refractivity contribution in [1.82, 2.24) is 10.5 Å². The molecule has 1 heterocycles. The van der Waals surface area contributed by atoms with Crippen molar-refractivity contribution in [1.29, 1.82) is 0 Å². The fourth-order valence-corrected chi connectivity index (χ4v) is 3.78. The van der Waals surface area contributed by atoms with Crippen LogP contribution in [-0.2, 0) is 9.53 Å². The number of ether oxygens (including phenoxy) is 2. The molecule has 0 aliphatic carbocycles. The summed E-state index contributed by atoms with van der Waals surface area (Å²) in [7, 11) is 1.26. The number of para-hydroxylation sites is 2. The topological polar surface area (TPSA) is 132 Å². The first-order valence-corrected chi connectivity index (χ1v) is 12.7. The molecule has 1 atom stereocenters. The SMILES string of the molecule is COC(=O)C(NC(=O)c1cc(-c2ccc(NC(=O)Nc3ccccc3Oc3ccc(Cl)cc3)cc2)no1)C(C)C. The molecule has 0 aliphatic rings.